The summed E-state index contributed by atoms with van der Waals surface area (Å²) in [5, 5.41) is 11.3. The van der Waals surface area contributed by atoms with Crippen LogP contribution in [0.5, 0.6) is 0 Å². The molecule has 0 amide bonds. The standard InChI is InChI=1S/C10H8N2O2/c1-7-5-8-9(11-6-7)3-2-4-10(8)12(13)14/h2-6H,1H3. The van der Waals surface area contributed by atoms with E-state index < -0.39 is 0 Å². The number of nitro benzene ring substituents is 1. The number of aromatic nitrogens is 1. The number of benzene rings is 1. The van der Waals surface area contributed by atoms with Crippen molar-refractivity contribution in [2.24, 2.45) is 0 Å². The maximum Gasteiger partial charge on any atom is 0.278 e. The van der Waals surface area contributed by atoms with Crippen molar-refractivity contribution >= 4 is 16.6 Å². The van der Waals surface area contributed by atoms with Crippen LogP contribution in [0.2, 0.25) is 0 Å². The lowest BCUT2D eigenvalue weighted by Gasteiger charge is -1.99. The maximum atomic E-state index is 10.7. The average molecular weight is 188 g/mol. The van der Waals surface area contributed by atoms with E-state index in [9.17, 15) is 10.1 Å². The van der Waals surface area contributed by atoms with Crippen molar-refractivity contribution in [3.63, 3.8) is 0 Å². The number of hydrogen-bond donors (Lipinski definition) is 0. The molecule has 1 heterocycles. The highest BCUT2D eigenvalue weighted by atomic mass is 16.6. The third kappa shape index (κ3) is 1.31. The Morgan fingerprint density at radius 2 is 2.21 bits per heavy atom. The second-order valence-corrected chi connectivity index (χ2v) is 3.11. The van der Waals surface area contributed by atoms with Gasteiger partial charge in [0.2, 0.25) is 0 Å². The van der Waals surface area contributed by atoms with Gasteiger partial charge in [-0.15, -0.1) is 0 Å². The summed E-state index contributed by atoms with van der Waals surface area (Å²) in [5.41, 5.74) is 1.69. The van der Waals surface area contributed by atoms with E-state index in [4.69, 9.17) is 0 Å². The van der Waals surface area contributed by atoms with Gasteiger partial charge in [0.15, 0.2) is 0 Å². The molecule has 1 aromatic heterocycles. The Hall–Kier alpha value is -1.97. The summed E-state index contributed by atoms with van der Waals surface area (Å²) in [6, 6.07) is 6.68. The van der Waals surface area contributed by atoms with Crippen LogP contribution in [0.3, 0.4) is 0 Å². The van der Waals surface area contributed by atoms with E-state index in [0.29, 0.717) is 10.9 Å². The monoisotopic (exact) mass is 188 g/mol. The molecule has 4 heteroatoms. The molecule has 0 bridgehead atoms. The van der Waals surface area contributed by atoms with Gasteiger partial charge >= 0.3 is 0 Å². The Morgan fingerprint density at radius 1 is 1.43 bits per heavy atom. The molecule has 0 N–H and O–H groups in total. The van der Waals surface area contributed by atoms with Crippen LogP contribution < -0.4 is 0 Å². The minimum atomic E-state index is -0.385. The summed E-state index contributed by atoms with van der Waals surface area (Å²) in [4.78, 5) is 14.4. The summed E-state index contributed by atoms with van der Waals surface area (Å²) in [6.07, 6.45) is 1.70. The van der Waals surface area contributed by atoms with E-state index in [-0.39, 0.29) is 10.6 Å². The molecule has 1 aromatic carbocycles. The predicted molar refractivity (Wildman–Crippen MR) is 53.1 cm³/mol. The molecule has 2 aromatic rings. The van der Waals surface area contributed by atoms with E-state index >= 15 is 0 Å². The molecule has 2 rings (SSSR count). The first kappa shape index (κ1) is 8.62. The number of fused-ring (bicyclic) bond motifs is 1. The first-order chi connectivity index (χ1) is 6.68. The fraction of sp³-hybridized carbons (Fsp3) is 0.100. The molecule has 0 spiro atoms. The largest absolute Gasteiger partial charge is 0.278 e. The van der Waals surface area contributed by atoms with Crippen LogP contribution in [0.1, 0.15) is 5.56 Å². The number of hydrogen-bond acceptors (Lipinski definition) is 3. The fourth-order valence-corrected chi connectivity index (χ4v) is 1.40. The smallest absolute Gasteiger partial charge is 0.258 e. The van der Waals surface area contributed by atoms with Crippen molar-refractivity contribution < 1.29 is 4.92 Å². The van der Waals surface area contributed by atoms with Crippen LogP contribution in [0, 0.1) is 17.0 Å². The van der Waals surface area contributed by atoms with Crippen molar-refractivity contribution in [1.29, 1.82) is 0 Å². The van der Waals surface area contributed by atoms with Gasteiger partial charge in [0, 0.05) is 12.3 Å². The predicted octanol–water partition coefficient (Wildman–Crippen LogP) is 2.45. The van der Waals surface area contributed by atoms with Crippen molar-refractivity contribution in [3.8, 4) is 0 Å². The molecule has 0 saturated heterocycles. The van der Waals surface area contributed by atoms with E-state index in [2.05, 4.69) is 4.98 Å². The maximum absolute atomic E-state index is 10.7. The van der Waals surface area contributed by atoms with E-state index in [1.54, 1.807) is 24.4 Å². The summed E-state index contributed by atoms with van der Waals surface area (Å²) < 4.78 is 0. The Labute approximate surface area is 80.4 Å². The molecule has 0 aliphatic heterocycles. The zero-order valence-electron chi connectivity index (χ0n) is 7.60. The zero-order valence-corrected chi connectivity index (χ0v) is 7.60. The summed E-state index contributed by atoms with van der Waals surface area (Å²) in [5.74, 6) is 0. The Bertz CT molecular complexity index is 508. The lowest BCUT2D eigenvalue weighted by molar-refractivity contribution is -0.383. The number of rotatable bonds is 1. The Balaban J connectivity index is 2.84. The van der Waals surface area contributed by atoms with E-state index in [0.717, 1.165) is 5.56 Å². The normalized spacial score (nSPS) is 10.4. The van der Waals surface area contributed by atoms with Crippen LogP contribution >= 0.6 is 0 Å². The van der Waals surface area contributed by atoms with Crippen LogP contribution in [0.4, 0.5) is 5.69 Å². The SMILES string of the molecule is Cc1cnc2cccc([N+](=O)[O-])c2c1. The molecule has 0 unspecified atom stereocenters. The summed E-state index contributed by atoms with van der Waals surface area (Å²) in [6.45, 7) is 1.86. The van der Waals surface area contributed by atoms with Gasteiger partial charge in [0.05, 0.1) is 15.8 Å². The highest BCUT2D eigenvalue weighted by Gasteiger charge is 2.10. The second kappa shape index (κ2) is 3.06. The molecule has 70 valence electrons. The second-order valence-electron chi connectivity index (χ2n) is 3.11. The third-order valence-electron chi connectivity index (χ3n) is 2.04. The van der Waals surface area contributed by atoms with Gasteiger partial charge in [-0.1, -0.05) is 6.07 Å². The van der Waals surface area contributed by atoms with Crippen LogP contribution in [0.25, 0.3) is 10.9 Å². The van der Waals surface area contributed by atoms with Crippen LogP contribution in [-0.2, 0) is 0 Å². The number of nitro groups is 1. The first-order valence-corrected chi connectivity index (χ1v) is 4.18. The molecule has 0 atom stereocenters. The van der Waals surface area contributed by atoms with Crippen molar-refractivity contribution in [2.45, 2.75) is 6.92 Å². The highest BCUT2D eigenvalue weighted by molar-refractivity contribution is 5.88. The van der Waals surface area contributed by atoms with Crippen LogP contribution in [0.15, 0.2) is 30.5 Å². The Kier molecular flexibility index (Phi) is 1.89. The topological polar surface area (TPSA) is 56.0 Å². The first-order valence-electron chi connectivity index (χ1n) is 4.18. The minimum absolute atomic E-state index is 0.110. The minimum Gasteiger partial charge on any atom is -0.258 e. The van der Waals surface area contributed by atoms with Crippen molar-refractivity contribution in [3.05, 3.63) is 46.1 Å². The van der Waals surface area contributed by atoms with Gasteiger partial charge in [-0.3, -0.25) is 15.1 Å². The number of non-ortho nitro benzene ring substituents is 1. The van der Waals surface area contributed by atoms with Gasteiger partial charge in [-0.2, -0.15) is 0 Å². The lowest BCUT2D eigenvalue weighted by Crippen LogP contribution is -1.90. The molecule has 0 radical (unpaired) electrons. The van der Waals surface area contributed by atoms with Gasteiger partial charge in [0.1, 0.15) is 0 Å². The highest BCUT2D eigenvalue weighted by Crippen LogP contribution is 2.24. The number of nitrogens with zero attached hydrogens (tertiary/aromatic N) is 2. The number of aryl methyl sites for hydroxylation is 1. The fourth-order valence-electron chi connectivity index (χ4n) is 1.40. The quantitative estimate of drug-likeness (QED) is 0.510. The van der Waals surface area contributed by atoms with Gasteiger partial charge in [-0.25, -0.2) is 0 Å². The van der Waals surface area contributed by atoms with E-state index in [1.165, 1.54) is 6.07 Å². The van der Waals surface area contributed by atoms with E-state index in [1.807, 2.05) is 6.92 Å². The Morgan fingerprint density at radius 3 is 2.93 bits per heavy atom. The molecule has 0 saturated carbocycles. The lowest BCUT2D eigenvalue weighted by atomic mass is 10.1. The third-order valence-corrected chi connectivity index (χ3v) is 2.04. The van der Waals surface area contributed by atoms with Gasteiger partial charge in [-0.05, 0) is 24.6 Å². The van der Waals surface area contributed by atoms with Crippen molar-refractivity contribution in [2.75, 3.05) is 0 Å². The molecular weight excluding hydrogens is 180 g/mol. The number of pyridine rings is 1. The summed E-state index contributed by atoms with van der Waals surface area (Å²) >= 11 is 0. The molecule has 14 heavy (non-hydrogen) atoms. The van der Waals surface area contributed by atoms with Gasteiger partial charge in [0.25, 0.3) is 5.69 Å². The van der Waals surface area contributed by atoms with Crippen LogP contribution in [-0.4, -0.2) is 9.91 Å². The molecule has 0 fully saturated rings. The van der Waals surface area contributed by atoms with Gasteiger partial charge < -0.3 is 0 Å². The zero-order chi connectivity index (χ0) is 10.1. The molecule has 0 aliphatic rings. The molecule has 0 aliphatic carbocycles. The molecular formula is C10H8N2O2. The summed E-state index contributed by atoms with van der Waals surface area (Å²) in [7, 11) is 0. The average Bonchev–Trinajstić information content (AvgIpc) is 2.16. The molecule has 4 nitrogen and oxygen atoms in total. The van der Waals surface area contributed by atoms with Crippen molar-refractivity contribution in [1.82, 2.24) is 4.98 Å².